The fraction of sp³-hybridized carbons (Fsp3) is 0.125. The molecule has 4 nitrogen and oxygen atoms in total. The highest BCUT2D eigenvalue weighted by Crippen LogP contribution is 2.19. The Morgan fingerprint density at radius 2 is 1.90 bits per heavy atom. The maximum absolute atomic E-state index is 13.6. The van der Waals surface area contributed by atoms with Gasteiger partial charge in [-0.15, -0.1) is 10.2 Å². The molecule has 1 heterocycles. The normalized spacial score (nSPS) is 10.6. The second-order valence-electron chi connectivity index (χ2n) is 4.70. The predicted molar refractivity (Wildman–Crippen MR) is 78.2 cm³/mol. The Labute approximate surface area is 121 Å². The van der Waals surface area contributed by atoms with Crippen LogP contribution in [0.5, 0.6) is 0 Å². The van der Waals surface area contributed by atoms with Crippen LogP contribution in [-0.2, 0) is 6.54 Å². The van der Waals surface area contributed by atoms with E-state index in [4.69, 9.17) is 4.42 Å². The van der Waals surface area contributed by atoms with Crippen molar-refractivity contribution in [3.8, 4) is 11.5 Å². The molecular formula is C16H14FN3O. The van der Waals surface area contributed by atoms with E-state index in [-0.39, 0.29) is 12.4 Å². The second kappa shape index (κ2) is 5.75. The molecule has 0 spiro atoms. The van der Waals surface area contributed by atoms with Crippen molar-refractivity contribution in [3.05, 3.63) is 65.8 Å². The van der Waals surface area contributed by atoms with E-state index < -0.39 is 0 Å². The molecule has 2 aromatic carbocycles. The SMILES string of the molecule is Cc1ccc(F)c(NCc2nnc(-c3ccccc3)o2)c1. The van der Waals surface area contributed by atoms with Gasteiger partial charge in [-0.2, -0.15) is 0 Å². The fourth-order valence-corrected chi connectivity index (χ4v) is 1.97. The van der Waals surface area contributed by atoms with Crippen LogP contribution >= 0.6 is 0 Å². The number of aryl methyl sites for hydroxylation is 1. The quantitative estimate of drug-likeness (QED) is 0.791. The van der Waals surface area contributed by atoms with E-state index in [9.17, 15) is 4.39 Å². The summed E-state index contributed by atoms with van der Waals surface area (Å²) in [6, 6.07) is 14.4. The van der Waals surface area contributed by atoms with Crippen LogP contribution in [0.1, 0.15) is 11.5 Å². The third kappa shape index (κ3) is 3.08. The number of benzene rings is 2. The van der Waals surface area contributed by atoms with Gasteiger partial charge in [-0.3, -0.25) is 0 Å². The average molecular weight is 283 g/mol. The zero-order valence-electron chi connectivity index (χ0n) is 11.5. The average Bonchev–Trinajstić information content (AvgIpc) is 2.98. The van der Waals surface area contributed by atoms with Crippen molar-refractivity contribution >= 4 is 5.69 Å². The highest BCUT2D eigenvalue weighted by molar-refractivity contribution is 5.52. The van der Waals surface area contributed by atoms with E-state index in [1.165, 1.54) is 6.07 Å². The molecule has 21 heavy (non-hydrogen) atoms. The molecule has 1 N–H and O–H groups in total. The Morgan fingerprint density at radius 3 is 2.71 bits per heavy atom. The summed E-state index contributed by atoms with van der Waals surface area (Å²) < 4.78 is 19.2. The Bertz CT molecular complexity index is 740. The van der Waals surface area contributed by atoms with Crippen molar-refractivity contribution in [2.24, 2.45) is 0 Å². The van der Waals surface area contributed by atoms with Gasteiger partial charge in [-0.05, 0) is 36.8 Å². The molecule has 5 heteroatoms. The largest absolute Gasteiger partial charge is 0.419 e. The molecule has 0 fully saturated rings. The zero-order chi connectivity index (χ0) is 14.7. The summed E-state index contributed by atoms with van der Waals surface area (Å²) in [6.45, 7) is 2.19. The lowest BCUT2D eigenvalue weighted by molar-refractivity contribution is 0.514. The molecule has 0 saturated heterocycles. The number of anilines is 1. The minimum Gasteiger partial charge on any atom is -0.419 e. The maximum atomic E-state index is 13.6. The molecule has 0 saturated carbocycles. The topological polar surface area (TPSA) is 51.0 Å². The van der Waals surface area contributed by atoms with Gasteiger partial charge in [0.25, 0.3) is 0 Å². The first-order valence-electron chi connectivity index (χ1n) is 6.60. The number of rotatable bonds is 4. The summed E-state index contributed by atoms with van der Waals surface area (Å²) in [7, 11) is 0. The van der Waals surface area contributed by atoms with Gasteiger partial charge in [0.2, 0.25) is 11.8 Å². The van der Waals surface area contributed by atoms with Crippen molar-refractivity contribution in [2.75, 3.05) is 5.32 Å². The molecule has 3 aromatic rings. The summed E-state index contributed by atoms with van der Waals surface area (Å²) in [5.41, 5.74) is 2.27. The second-order valence-corrected chi connectivity index (χ2v) is 4.70. The van der Waals surface area contributed by atoms with Gasteiger partial charge in [0.05, 0.1) is 12.2 Å². The Kier molecular flexibility index (Phi) is 3.64. The molecule has 3 rings (SSSR count). The van der Waals surface area contributed by atoms with Crippen LogP contribution < -0.4 is 5.32 Å². The number of halogens is 1. The summed E-state index contributed by atoms with van der Waals surface area (Å²) in [6.07, 6.45) is 0. The molecular weight excluding hydrogens is 269 g/mol. The predicted octanol–water partition coefficient (Wildman–Crippen LogP) is 3.80. The van der Waals surface area contributed by atoms with Gasteiger partial charge >= 0.3 is 0 Å². The van der Waals surface area contributed by atoms with Crippen molar-refractivity contribution in [1.29, 1.82) is 0 Å². The van der Waals surface area contributed by atoms with Crippen LogP contribution in [0.25, 0.3) is 11.5 Å². The summed E-state index contributed by atoms with van der Waals surface area (Å²) >= 11 is 0. The maximum Gasteiger partial charge on any atom is 0.247 e. The lowest BCUT2D eigenvalue weighted by Crippen LogP contribution is -2.02. The van der Waals surface area contributed by atoms with Gasteiger partial charge < -0.3 is 9.73 Å². The van der Waals surface area contributed by atoms with Crippen LogP contribution in [-0.4, -0.2) is 10.2 Å². The van der Waals surface area contributed by atoms with Crippen molar-refractivity contribution in [3.63, 3.8) is 0 Å². The lowest BCUT2D eigenvalue weighted by atomic mass is 10.2. The standard InChI is InChI=1S/C16H14FN3O/c1-11-7-8-13(17)14(9-11)18-10-15-19-20-16(21-15)12-5-3-2-4-6-12/h2-9,18H,10H2,1H3. The Morgan fingerprint density at radius 1 is 1.10 bits per heavy atom. The number of hydrogen-bond donors (Lipinski definition) is 1. The van der Waals surface area contributed by atoms with Crippen LogP contribution in [0.3, 0.4) is 0 Å². The smallest absolute Gasteiger partial charge is 0.247 e. The van der Waals surface area contributed by atoms with E-state index in [0.29, 0.717) is 17.5 Å². The van der Waals surface area contributed by atoms with Gasteiger partial charge in [-0.25, -0.2) is 4.39 Å². The van der Waals surface area contributed by atoms with Crippen LogP contribution in [0, 0.1) is 12.7 Å². The van der Waals surface area contributed by atoms with E-state index in [1.807, 2.05) is 37.3 Å². The first kappa shape index (κ1) is 13.3. The van der Waals surface area contributed by atoms with Gasteiger partial charge in [-0.1, -0.05) is 24.3 Å². The van der Waals surface area contributed by atoms with Gasteiger partial charge in [0, 0.05) is 5.56 Å². The van der Waals surface area contributed by atoms with Gasteiger partial charge in [0.1, 0.15) is 5.82 Å². The monoisotopic (exact) mass is 283 g/mol. The molecule has 0 amide bonds. The van der Waals surface area contributed by atoms with Gasteiger partial charge in [0.15, 0.2) is 0 Å². The molecule has 1 aromatic heterocycles. The van der Waals surface area contributed by atoms with Crippen LogP contribution in [0.4, 0.5) is 10.1 Å². The molecule has 0 bridgehead atoms. The molecule has 0 atom stereocenters. The highest BCUT2D eigenvalue weighted by atomic mass is 19.1. The Hall–Kier alpha value is -2.69. The van der Waals surface area contributed by atoms with Crippen LogP contribution in [0.2, 0.25) is 0 Å². The highest BCUT2D eigenvalue weighted by Gasteiger charge is 2.09. The Balaban J connectivity index is 1.72. The zero-order valence-corrected chi connectivity index (χ0v) is 11.5. The first-order valence-corrected chi connectivity index (χ1v) is 6.60. The molecule has 0 aliphatic carbocycles. The third-order valence-corrected chi connectivity index (χ3v) is 3.04. The van der Waals surface area contributed by atoms with E-state index >= 15 is 0 Å². The van der Waals surface area contributed by atoms with Crippen molar-refractivity contribution < 1.29 is 8.81 Å². The summed E-state index contributed by atoms with van der Waals surface area (Å²) in [5.74, 6) is 0.565. The van der Waals surface area contributed by atoms with Crippen molar-refractivity contribution in [1.82, 2.24) is 10.2 Å². The molecule has 106 valence electrons. The van der Waals surface area contributed by atoms with Crippen molar-refractivity contribution in [2.45, 2.75) is 13.5 Å². The van der Waals surface area contributed by atoms with E-state index in [0.717, 1.165) is 11.1 Å². The number of nitrogens with zero attached hydrogens (tertiary/aromatic N) is 2. The summed E-state index contributed by atoms with van der Waals surface area (Å²) in [5, 5.41) is 10.9. The third-order valence-electron chi connectivity index (χ3n) is 3.04. The van der Waals surface area contributed by atoms with E-state index in [2.05, 4.69) is 15.5 Å². The van der Waals surface area contributed by atoms with Crippen LogP contribution in [0.15, 0.2) is 52.9 Å². The lowest BCUT2D eigenvalue weighted by Gasteiger charge is -2.05. The number of nitrogens with one attached hydrogen (secondary N) is 1. The van der Waals surface area contributed by atoms with E-state index in [1.54, 1.807) is 12.1 Å². The molecule has 0 aliphatic rings. The minimum absolute atomic E-state index is 0.278. The molecule has 0 radical (unpaired) electrons. The minimum atomic E-state index is -0.302. The number of hydrogen-bond acceptors (Lipinski definition) is 4. The summed E-state index contributed by atoms with van der Waals surface area (Å²) in [4.78, 5) is 0. The molecule has 0 aliphatic heterocycles. The molecule has 0 unspecified atom stereocenters. The fourth-order valence-electron chi connectivity index (χ4n) is 1.97. The first-order chi connectivity index (χ1) is 10.2. The number of aromatic nitrogens is 2.